The molecule has 0 unspecified atom stereocenters. The molecule has 0 aromatic heterocycles. The third-order valence-electron chi connectivity index (χ3n) is 3.14. The molecule has 0 aliphatic rings. The van der Waals surface area contributed by atoms with Gasteiger partial charge in [-0.3, -0.25) is 4.79 Å². The molecule has 0 fully saturated rings. The number of likely N-dealkylation sites (N-methyl/N-ethyl adjacent to an activating group) is 1. The number of carbonyl (C=O) groups is 2. The molecule has 0 bridgehead atoms. The van der Waals surface area contributed by atoms with Gasteiger partial charge in [-0.25, -0.2) is 4.79 Å². The Balaban J connectivity index is 2.50. The normalized spacial score (nSPS) is 10.3. The molecule has 1 aromatic rings. The van der Waals surface area contributed by atoms with Crippen LogP contribution in [0, 0.1) is 5.92 Å². The minimum Gasteiger partial charge on any atom is -0.359 e. The zero-order valence-electron chi connectivity index (χ0n) is 13.0. The summed E-state index contributed by atoms with van der Waals surface area (Å²) in [6, 6.07) is 7.09. The van der Waals surface area contributed by atoms with Crippen molar-refractivity contribution < 1.29 is 9.59 Å². The average Bonchev–Trinajstić information content (AvgIpc) is 2.45. The van der Waals surface area contributed by atoms with Gasteiger partial charge in [0.1, 0.15) is 0 Å². The van der Waals surface area contributed by atoms with E-state index in [1.807, 2.05) is 18.2 Å². The maximum absolute atomic E-state index is 11.8. The highest BCUT2D eigenvalue weighted by molar-refractivity contribution is 5.91. The predicted octanol–water partition coefficient (Wildman–Crippen LogP) is 2.53. The van der Waals surface area contributed by atoms with Gasteiger partial charge in [0.05, 0.1) is 6.42 Å². The first-order chi connectivity index (χ1) is 10.0. The number of benzene rings is 1. The van der Waals surface area contributed by atoms with Crippen molar-refractivity contribution in [1.82, 2.24) is 10.6 Å². The van der Waals surface area contributed by atoms with Gasteiger partial charge in [-0.2, -0.15) is 0 Å². The third kappa shape index (κ3) is 6.79. The van der Waals surface area contributed by atoms with E-state index in [4.69, 9.17) is 0 Å². The lowest BCUT2D eigenvalue weighted by atomic mass is 10.1. The summed E-state index contributed by atoms with van der Waals surface area (Å²) in [5, 5.41) is 8.21. The van der Waals surface area contributed by atoms with Gasteiger partial charge in [0.15, 0.2) is 0 Å². The van der Waals surface area contributed by atoms with Crippen molar-refractivity contribution in [3.05, 3.63) is 29.8 Å². The molecule has 116 valence electrons. The smallest absolute Gasteiger partial charge is 0.319 e. The van der Waals surface area contributed by atoms with Gasteiger partial charge in [-0.05, 0) is 30.4 Å². The Kier molecular flexibility index (Phi) is 7.29. The monoisotopic (exact) mass is 291 g/mol. The first kappa shape index (κ1) is 17.0. The van der Waals surface area contributed by atoms with E-state index in [0.717, 1.165) is 18.4 Å². The molecule has 0 heterocycles. The van der Waals surface area contributed by atoms with Crippen molar-refractivity contribution in [2.45, 2.75) is 33.1 Å². The standard InChI is InChI=1S/C16H25N3O2/c1-12(2)7-6-10-18-16(21)19-14-9-5-4-8-13(14)11-15(20)17-3/h4-5,8-9,12H,6-7,10-11H2,1-3H3,(H,17,20)(H2,18,19,21). The lowest BCUT2D eigenvalue weighted by Gasteiger charge is -2.12. The number of hydrogen-bond donors (Lipinski definition) is 3. The second-order valence-electron chi connectivity index (χ2n) is 5.42. The fourth-order valence-corrected chi connectivity index (χ4v) is 1.94. The van der Waals surface area contributed by atoms with Crippen LogP contribution < -0.4 is 16.0 Å². The van der Waals surface area contributed by atoms with Crippen molar-refractivity contribution in [1.29, 1.82) is 0 Å². The fourth-order valence-electron chi connectivity index (χ4n) is 1.94. The molecule has 1 aromatic carbocycles. The molecule has 21 heavy (non-hydrogen) atoms. The lowest BCUT2D eigenvalue weighted by Crippen LogP contribution is -2.30. The van der Waals surface area contributed by atoms with Crippen LogP contribution in [0.5, 0.6) is 0 Å². The second kappa shape index (κ2) is 9.00. The van der Waals surface area contributed by atoms with E-state index in [1.165, 1.54) is 0 Å². The molecule has 0 spiro atoms. The molecule has 0 aliphatic carbocycles. The zero-order chi connectivity index (χ0) is 15.7. The molecule has 5 nitrogen and oxygen atoms in total. The summed E-state index contributed by atoms with van der Waals surface area (Å²) in [5.41, 5.74) is 1.47. The van der Waals surface area contributed by atoms with Crippen LogP contribution in [-0.2, 0) is 11.2 Å². The summed E-state index contributed by atoms with van der Waals surface area (Å²) in [4.78, 5) is 23.3. The third-order valence-corrected chi connectivity index (χ3v) is 3.14. The predicted molar refractivity (Wildman–Crippen MR) is 85.3 cm³/mol. The molecule has 0 radical (unpaired) electrons. The Hall–Kier alpha value is -2.04. The van der Waals surface area contributed by atoms with Crippen molar-refractivity contribution in [2.24, 2.45) is 5.92 Å². The minimum absolute atomic E-state index is 0.0819. The Bertz CT molecular complexity index is 472. The van der Waals surface area contributed by atoms with Crippen LogP contribution in [0.15, 0.2) is 24.3 Å². The molecule has 0 aliphatic heterocycles. The summed E-state index contributed by atoms with van der Waals surface area (Å²) in [5.74, 6) is 0.560. The lowest BCUT2D eigenvalue weighted by molar-refractivity contribution is -0.119. The SMILES string of the molecule is CNC(=O)Cc1ccccc1NC(=O)NCCCC(C)C. The van der Waals surface area contributed by atoms with Crippen LogP contribution in [0.4, 0.5) is 10.5 Å². The topological polar surface area (TPSA) is 70.2 Å². The van der Waals surface area contributed by atoms with Gasteiger partial charge in [-0.15, -0.1) is 0 Å². The maximum Gasteiger partial charge on any atom is 0.319 e. The Morgan fingerprint density at radius 1 is 1.19 bits per heavy atom. The van der Waals surface area contributed by atoms with E-state index in [1.54, 1.807) is 13.1 Å². The number of rotatable bonds is 7. The average molecular weight is 291 g/mol. The van der Waals surface area contributed by atoms with Crippen LogP contribution in [0.3, 0.4) is 0 Å². The summed E-state index contributed by atoms with van der Waals surface area (Å²) in [7, 11) is 1.60. The van der Waals surface area contributed by atoms with Crippen molar-refractivity contribution >= 4 is 17.6 Å². The minimum atomic E-state index is -0.233. The van der Waals surface area contributed by atoms with Gasteiger partial charge in [0, 0.05) is 19.3 Å². The molecule has 0 saturated heterocycles. The van der Waals surface area contributed by atoms with Crippen molar-refractivity contribution in [3.8, 4) is 0 Å². The van der Waals surface area contributed by atoms with Crippen LogP contribution in [-0.4, -0.2) is 25.5 Å². The van der Waals surface area contributed by atoms with Crippen molar-refractivity contribution in [2.75, 3.05) is 18.9 Å². The van der Waals surface area contributed by atoms with Crippen LogP contribution in [0.1, 0.15) is 32.3 Å². The van der Waals surface area contributed by atoms with E-state index in [0.29, 0.717) is 18.2 Å². The number of amides is 3. The number of urea groups is 1. The van der Waals surface area contributed by atoms with Gasteiger partial charge < -0.3 is 16.0 Å². The Labute approximate surface area is 126 Å². The molecule has 3 N–H and O–H groups in total. The Morgan fingerprint density at radius 3 is 2.57 bits per heavy atom. The molecule has 5 heteroatoms. The van der Waals surface area contributed by atoms with Crippen LogP contribution in [0.25, 0.3) is 0 Å². The molecular weight excluding hydrogens is 266 g/mol. The van der Waals surface area contributed by atoms with E-state index >= 15 is 0 Å². The largest absolute Gasteiger partial charge is 0.359 e. The molecule has 0 saturated carbocycles. The number of nitrogens with one attached hydrogen (secondary N) is 3. The summed E-state index contributed by atoms with van der Waals surface area (Å²) in [6.07, 6.45) is 2.30. The Morgan fingerprint density at radius 2 is 1.90 bits per heavy atom. The highest BCUT2D eigenvalue weighted by atomic mass is 16.2. The number of para-hydroxylation sites is 1. The van der Waals surface area contributed by atoms with E-state index < -0.39 is 0 Å². The van der Waals surface area contributed by atoms with Crippen LogP contribution >= 0.6 is 0 Å². The second-order valence-corrected chi connectivity index (χ2v) is 5.42. The molecular formula is C16H25N3O2. The summed E-state index contributed by atoms with van der Waals surface area (Å²) in [6.45, 7) is 4.98. The van der Waals surface area contributed by atoms with E-state index in [-0.39, 0.29) is 18.4 Å². The number of anilines is 1. The first-order valence-corrected chi connectivity index (χ1v) is 7.36. The number of carbonyl (C=O) groups excluding carboxylic acids is 2. The molecule has 1 rings (SSSR count). The van der Waals surface area contributed by atoms with Crippen LogP contribution in [0.2, 0.25) is 0 Å². The van der Waals surface area contributed by atoms with E-state index in [2.05, 4.69) is 29.8 Å². The fraction of sp³-hybridized carbons (Fsp3) is 0.500. The first-order valence-electron chi connectivity index (χ1n) is 7.36. The van der Waals surface area contributed by atoms with Gasteiger partial charge in [0.25, 0.3) is 0 Å². The molecule has 0 atom stereocenters. The zero-order valence-corrected chi connectivity index (χ0v) is 13.0. The van der Waals surface area contributed by atoms with Crippen molar-refractivity contribution in [3.63, 3.8) is 0 Å². The quantitative estimate of drug-likeness (QED) is 0.676. The van der Waals surface area contributed by atoms with Gasteiger partial charge >= 0.3 is 6.03 Å². The number of hydrogen-bond acceptors (Lipinski definition) is 2. The summed E-state index contributed by atoms with van der Waals surface area (Å²) < 4.78 is 0. The molecule has 3 amide bonds. The van der Waals surface area contributed by atoms with E-state index in [9.17, 15) is 9.59 Å². The highest BCUT2D eigenvalue weighted by Crippen LogP contribution is 2.15. The van der Waals surface area contributed by atoms with Gasteiger partial charge in [0.2, 0.25) is 5.91 Å². The maximum atomic E-state index is 11.8. The van der Waals surface area contributed by atoms with Gasteiger partial charge in [-0.1, -0.05) is 32.0 Å². The summed E-state index contributed by atoms with van der Waals surface area (Å²) >= 11 is 0. The highest BCUT2D eigenvalue weighted by Gasteiger charge is 2.08.